The van der Waals surface area contributed by atoms with E-state index in [-0.39, 0.29) is 21.6 Å². The Kier molecular flexibility index (Phi) is 6.42. The molecule has 0 bridgehead atoms. The second-order valence-electron chi connectivity index (χ2n) is 8.25. The second kappa shape index (κ2) is 9.48. The van der Waals surface area contributed by atoms with Crippen LogP contribution in [0.15, 0.2) is 35.5 Å². The average molecular weight is 506 g/mol. The van der Waals surface area contributed by atoms with Gasteiger partial charge >= 0.3 is 0 Å². The molecule has 2 unspecified atom stereocenters. The van der Waals surface area contributed by atoms with Gasteiger partial charge in [0.05, 0.1) is 28.6 Å². The van der Waals surface area contributed by atoms with E-state index in [4.69, 9.17) is 32.7 Å². The first-order chi connectivity index (χ1) is 16.4. The summed E-state index contributed by atoms with van der Waals surface area (Å²) in [6.45, 7) is 3.11. The summed E-state index contributed by atoms with van der Waals surface area (Å²) < 4.78 is 26.3. The van der Waals surface area contributed by atoms with Gasteiger partial charge in [-0.3, -0.25) is 4.79 Å². The van der Waals surface area contributed by atoms with Crippen molar-refractivity contribution in [1.82, 2.24) is 19.7 Å². The summed E-state index contributed by atoms with van der Waals surface area (Å²) in [6.07, 6.45) is 5.85. The second-order valence-corrected chi connectivity index (χ2v) is 9.04. The first-order valence-corrected chi connectivity index (χ1v) is 11.8. The molecule has 1 fully saturated rings. The number of hydrogen-bond donors (Lipinski definition) is 0. The van der Waals surface area contributed by atoms with Gasteiger partial charge in [-0.2, -0.15) is 9.78 Å². The fourth-order valence-corrected chi connectivity index (χ4v) is 4.86. The fraction of sp³-hybridized carbons (Fsp3) is 0.391. The Balaban J connectivity index is 1.43. The standard InChI is InChI=1S/C23H22Cl2FN5O3/c1-13-21-15(22(28-12-27-21)34-18-6-5-14(26)10-16(18)24)7-8-30(13)17-11-29-31(23(32)20(17)25)19-4-2-3-9-33-19/h5-6,10-13,19H,2-4,7-9H2,1H3. The van der Waals surface area contributed by atoms with Crippen molar-refractivity contribution in [3.63, 3.8) is 0 Å². The molecule has 1 aromatic carbocycles. The third-order valence-corrected chi connectivity index (χ3v) is 6.82. The van der Waals surface area contributed by atoms with Gasteiger partial charge in [-0.05, 0) is 50.8 Å². The van der Waals surface area contributed by atoms with Crippen LogP contribution in [0.1, 0.15) is 49.7 Å². The van der Waals surface area contributed by atoms with Crippen LogP contribution in [0.5, 0.6) is 11.6 Å². The fourth-order valence-electron chi connectivity index (χ4n) is 4.41. The van der Waals surface area contributed by atoms with Gasteiger partial charge in [0.2, 0.25) is 5.88 Å². The lowest BCUT2D eigenvalue weighted by Crippen LogP contribution is -2.38. The van der Waals surface area contributed by atoms with Gasteiger partial charge < -0.3 is 14.4 Å². The Morgan fingerprint density at radius 2 is 2.09 bits per heavy atom. The van der Waals surface area contributed by atoms with Crippen LogP contribution >= 0.6 is 23.2 Å². The molecule has 2 atom stereocenters. The third kappa shape index (κ3) is 4.23. The Bertz CT molecular complexity index is 1280. The number of nitrogens with zero attached hydrogens (tertiary/aromatic N) is 5. The summed E-state index contributed by atoms with van der Waals surface area (Å²) in [7, 11) is 0. The van der Waals surface area contributed by atoms with E-state index in [2.05, 4.69) is 15.1 Å². The van der Waals surface area contributed by atoms with Crippen LogP contribution in [0, 0.1) is 5.82 Å². The van der Waals surface area contributed by atoms with Gasteiger partial charge in [0, 0.05) is 18.7 Å². The zero-order valence-electron chi connectivity index (χ0n) is 18.4. The number of hydrogen-bond acceptors (Lipinski definition) is 7. The molecule has 0 amide bonds. The molecule has 0 N–H and O–H groups in total. The summed E-state index contributed by atoms with van der Waals surface area (Å²) in [5.74, 6) is 0.215. The molecule has 2 aliphatic rings. The van der Waals surface area contributed by atoms with Crippen molar-refractivity contribution in [1.29, 1.82) is 0 Å². The number of halogens is 3. The van der Waals surface area contributed by atoms with Crippen molar-refractivity contribution in [2.75, 3.05) is 18.1 Å². The van der Waals surface area contributed by atoms with E-state index in [1.54, 1.807) is 6.20 Å². The van der Waals surface area contributed by atoms with Crippen LogP contribution in [0.2, 0.25) is 10.0 Å². The third-order valence-electron chi connectivity index (χ3n) is 6.17. The highest BCUT2D eigenvalue weighted by Crippen LogP contribution is 2.39. The van der Waals surface area contributed by atoms with Gasteiger partial charge in [-0.1, -0.05) is 23.2 Å². The van der Waals surface area contributed by atoms with E-state index in [0.29, 0.717) is 36.9 Å². The van der Waals surface area contributed by atoms with E-state index >= 15 is 0 Å². The number of fused-ring (bicyclic) bond motifs is 1. The topological polar surface area (TPSA) is 82.4 Å². The minimum absolute atomic E-state index is 0.100. The van der Waals surface area contributed by atoms with Crippen LogP contribution in [-0.4, -0.2) is 32.9 Å². The van der Waals surface area contributed by atoms with Crippen molar-refractivity contribution in [2.24, 2.45) is 0 Å². The maximum absolute atomic E-state index is 13.4. The predicted molar refractivity (Wildman–Crippen MR) is 125 cm³/mol. The van der Waals surface area contributed by atoms with Gasteiger partial charge in [0.1, 0.15) is 22.9 Å². The number of ether oxygens (including phenoxy) is 2. The largest absolute Gasteiger partial charge is 0.437 e. The average Bonchev–Trinajstić information content (AvgIpc) is 2.84. The highest BCUT2D eigenvalue weighted by atomic mass is 35.5. The molecular formula is C23H22Cl2FN5O3. The molecule has 8 nitrogen and oxygen atoms in total. The van der Waals surface area contributed by atoms with Crippen molar-refractivity contribution in [3.8, 4) is 11.6 Å². The quantitative estimate of drug-likeness (QED) is 0.487. The van der Waals surface area contributed by atoms with E-state index in [1.807, 2.05) is 11.8 Å². The minimum Gasteiger partial charge on any atom is -0.437 e. The first kappa shape index (κ1) is 23.0. The minimum atomic E-state index is -0.450. The SMILES string of the molecule is CC1c2ncnc(Oc3ccc(F)cc3Cl)c2CCN1c1cnn(C2CCCCO2)c(=O)c1Cl. The monoisotopic (exact) mass is 505 g/mol. The molecular weight excluding hydrogens is 484 g/mol. The van der Waals surface area contributed by atoms with Crippen molar-refractivity contribution >= 4 is 28.9 Å². The zero-order valence-corrected chi connectivity index (χ0v) is 19.9. The van der Waals surface area contributed by atoms with Crippen LogP contribution in [0.4, 0.5) is 10.1 Å². The normalized spacial score (nSPS) is 20.2. The van der Waals surface area contributed by atoms with E-state index in [1.165, 1.54) is 29.2 Å². The van der Waals surface area contributed by atoms with Crippen LogP contribution in [0.3, 0.4) is 0 Å². The Labute approximate surface area is 205 Å². The van der Waals surface area contributed by atoms with Crippen molar-refractivity contribution < 1.29 is 13.9 Å². The summed E-state index contributed by atoms with van der Waals surface area (Å²) in [6, 6.07) is 3.69. The van der Waals surface area contributed by atoms with Crippen LogP contribution in [-0.2, 0) is 11.2 Å². The van der Waals surface area contributed by atoms with Gasteiger partial charge in [-0.25, -0.2) is 14.4 Å². The number of aromatic nitrogens is 4. The molecule has 2 aliphatic heterocycles. The number of anilines is 1. The number of benzene rings is 1. The molecule has 3 aromatic rings. The summed E-state index contributed by atoms with van der Waals surface area (Å²) >= 11 is 12.7. The highest BCUT2D eigenvalue weighted by molar-refractivity contribution is 6.33. The molecule has 11 heteroatoms. The lowest BCUT2D eigenvalue weighted by atomic mass is 9.99. The first-order valence-electron chi connectivity index (χ1n) is 11.1. The van der Waals surface area contributed by atoms with Crippen molar-refractivity contribution in [2.45, 2.75) is 44.9 Å². The van der Waals surface area contributed by atoms with Gasteiger partial charge in [0.25, 0.3) is 5.56 Å². The van der Waals surface area contributed by atoms with E-state index in [9.17, 15) is 9.18 Å². The molecule has 0 spiro atoms. The maximum Gasteiger partial charge on any atom is 0.290 e. The molecule has 0 saturated carbocycles. The Morgan fingerprint density at radius 1 is 1.24 bits per heavy atom. The molecule has 1 saturated heterocycles. The predicted octanol–water partition coefficient (Wildman–Crippen LogP) is 5.09. The molecule has 178 valence electrons. The zero-order chi connectivity index (χ0) is 23.8. The molecule has 2 aromatic heterocycles. The van der Waals surface area contributed by atoms with Gasteiger partial charge in [-0.15, -0.1) is 0 Å². The maximum atomic E-state index is 13.4. The van der Waals surface area contributed by atoms with Crippen LogP contribution < -0.4 is 15.2 Å². The lowest BCUT2D eigenvalue weighted by molar-refractivity contribution is -0.0424. The molecule has 4 heterocycles. The lowest BCUT2D eigenvalue weighted by Gasteiger charge is -2.36. The van der Waals surface area contributed by atoms with Gasteiger partial charge in [0.15, 0.2) is 6.23 Å². The Hall–Kier alpha value is -2.75. The summed E-state index contributed by atoms with van der Waals surface area (Å²) in [5.41, 5.74) is 1.73. The van der Waals surface area contributed by atoms with Crippen LogP contribution in [0.25, 0.3) is 0 Å². The summed E-state index contributed by atoms with van der Waals surface area (Å²) in [5, 5.41) is 4.62. The van der Waals surface area contributed by atoms with E-state index < -0.39 is 12.0 Å². The van der Waals surface area contributed by atoms with Crippen molar-refractivity contribution in [3.05, 3.63) is 68.2 Å². The van der Waals surface area contributed by atoms with E-state index in [0.717, 1.165) is 30.5 Å². The Morgan fingerprint density at radius 3 is 2.85 bits per heavy atom. The molecule has 0 aliphatic carbocycles. The highest BCUT2D eigenvalue weighted by Gasteiger charge is 2.31. The molecule has 34 heavy (non-hydrogen) atoms. The number of rotatable bonds is 4. The smallest absolute Gasteiger partial charge is 0.290 e. The summed E-state index contributed by atoms with van der Waals surface area (Å²) in [4.78, 5) is 23.7. The molecule has 0 radical (unpaired) electrons. The molecule has 5 rings (SSSR count).